The lowest BCUT2D eigenvalue weighted by molar-refractivity contribution is -0.383. The summed E-state index contributed by atoms with van der Waals surface area (Å²) >= 11 is 0. The van der Waals surface area contributed by atoms with Gasteiger partial charge in [0, 0.05) is 30.9 Å². The van der Waals surface area contributed by atoms with E-state index >= 15 is 0 Å². The molecule has 0 unspecified atom stereocenters. The number of H-pyrrole nitrogens is 2. The monoisotopic (exact) mass is 519 g/mol. The van der Waals surface area contributed by atoms with E-state index in [1.54, 1.807) is 15.5 Å². The van der Waals surface area contributed by atoms with Crippen LogP contribution in [0.3, 0.4) is 0 Å². The van der Waals surface area contributed by atoms with Crippen molar-refractivity contribution in [2.24, 2.45) is 0 Å². The average Bonchev–Trinajstić information content (AvgIpc) is 3.44. The molecule has 0 spiro atoms. The minimum absolute atomic E-state index is 0.0378. The van der Waals surface area contributed by atoms with Crippen molar-refractivity contribution in [3.8, 4) is 5.75 Å². The number of ketones is 1. The molecule has 0 aliphatic carbocycles. The molecule has 11 nitrogen and oxygen atoms in total. The first-order valence-corrected chi connectivity index (χ1v) is 12.6. The molecule has 1 aliphatic heterocycles. The molecule has 38 heavy (non-hydrogen) atoms. The van der Waals surface area contributed by atoms with Crippen LogP contribution in [0.4, 0.5) is 5.69 Å². The van der Waals surface area contributed by atoms with Gasteiger partial charge in [0.2, 0.25) is 0 Å². The van der Waals surface area contributed by atoms with Crippen molar-refractivity contribution in [2.45, 2.75) is 45.1 Å². The number of nitrogens with one attached hydrogen (secondary N) is 2. The SMILES string of the molecule is COc1cc([N+](=O)[O-])c2[nH]c(C(=O)N3CCC(n4c(=O)[nH]c5ccccc54)CC3)c(CCCC(C)=O)c2c1. The fourth-order valence-corrected chi connectivity index (χ4v) is 5.45. The number of nitro benzene ring substituents is 1. The van der Waals surface area contributed by atoms with Gasteiger partial charge in [0.15, 0.2) is 0 Å². The molecular formula is C27H29N5O6. The van der Waals surface area contributed by atoms with Gasteiger partial charge >= 0.3 is 5.69 Å². The molecule has 198 valence electrons. The standard InChI is InChI=1S/C27H29N5O6/c1-16(33)6-5-7-19-20-14-18(38-2)15-23(32(36)37)24(20)29-25(19)26(34)30-12-10-17(11-13-30)31-22-9-4-3-8-21(22)28-27(31)35/h3-4,8-9,14-15,17,29H,5-7,10-13H2,1-2H3,(H,28,35). The number of imidazole rings is 1. The molecule has 0 bridgehead atoms. The van der Waals surface area contributed by atoms with Gasteiger partial charge in [0.1, 0.15) is 22.7 Å². The molecule has 0 atom stereocenters. The zero-order chi connectivity index (χ0) is 27.0. The normalized spacial score (nSPS) is 14.3. The van der Waals surface area contributed by atoms with Crippen molar-refractivity contribution in [2.75, 3.05) is 20.2 Å². The molecule has 2 aromatic heterocycles. The zero-order valence-corrected chi connectivity index (χ0v) is 21.3. The van der Waals surface area contributed by atoms with E-state index in [-0.39, 0.29) is 34.6 Å². The molecular weight excluding hydrogens is 490 g/mol. The van der Waals surface area contributed by atoms with Crippen LogP contribution in [-0.4, -0.2) is 56.2 Å². The molecule has 0 saturated carbocycles. The number of carbonyl (C=O) groups is 2. The van der Waals surface area contributed by atoms with Crippen molar-refractivity contribution in [1.29, 1.82) is 0 Å². The molecule has 3 heterocycles. The number of nitro groups is 1. The summed E-state index contributed by atoms with van der Waals surface area (Å²) in [6.45, 7) is 2.38. The van der Waals surface area contributed by atoms with E-state index in [2.05, 4.69) is 9.97 Å². The predicted octanol–water partition coefficient (Wildman–Crippen LogP) is 4.12. The fraction of sp³-hybridized carbons (Fsp3) is 0.370. The first-order valence-electron chi connectivity index (χ1n) is 12.6. The number of aryl methyl sites for hydroxylation is 1. The molecule has 2 N–H and O–H groups in total. The molecule has 1 fully saturated rings. The number of Topliss-reactive ketones (excluding diaryl/α,β-unsaturated/α-hetero) is 1. The molecule has 1 amide bonds. The molecule has 4 aromatic rings. The minimum atomic E-state index is -0.501. The highest BCUT2D eigenvalue weighted by molar-refractivity contribution is 6.04. The number of aromatic nitrogens is 3. The van der Waals surface area contributed by atoms with Crippen LogP contribution in [0, 0.1) is 10.1 Å². The van der Waals surface area contributed by atoms with Gasteiger partial charge in [0.25, 0.3) is 11.6 Å². The number of methoxy groups -OCH3 is 1. The van der Waals surface area contributed by atoms with E-state index < -0.39 is 4.92 Å². The fourth-order valence-electron chi connectivity index (χ4n) is 5.45. The second-order valence-corrected chi connectivity index (χ2v) is 9.70. The largest absolute Gasteiger partial charge is 0.496 e. The van der Waals surface area contributed by atoms with Gasteiger partial charge in [-0.25, -0.2) is 4.79 Å². The van der Waals surface area contributed by atoms with Crippen LogP contribution in [0.15, 0.2) is 41.2 Å². The number of hydrogen-bond acceptors (Lipinski definition) is 6. The maximum absolute atomic E-state index is 13.7. The Kier molecular flexibility index (Phi) is 6.75. The van der Waals surface area contributed by atoms with Gasteiger partial charge in [-0.15, -0.1) is 0 Å². The highest BCUT2D eigenvalue weighted by atomic mass is 16.6. The summed E-state index contributed by atoms with van der Waals surface area (Å²) < 4.78 is 7.05. The molecule has 1 aliphatic rings. The molecule has 2 aromatic carbocycles. The van der Waals surface area contributed by atoms with Crippen molar-refractivity contribution >= 4 is 39.3 Å². The second-order valence-electron chi connectivity index (χ2n) is 9.70. The number of fused-ring (bicyclic) bond motifs is 2. The van der Waals surface area contributed by atoms with Crippen molar-refractivity contribution < 1.29 is 19.2 Å². The Balaban J connectivity index is 1.45. The van der Waals surface area contributed by atoms with E-state index in [0.717, 1.165) is 11.0 Å². The number of nitrogens with zero attached hydrogens (tertiary/aromatic N) is 3. The van der Waals surface area contributed by atoms with E-state index in [4.69, 9.17) is 4.74 Å². The lowest BCUT2D eigenvalue weighted by atomic mass is 10.0. The van der Waals surface area contributed by atoms with Gasteiger partial charge in [-0.2, -0.15) is 0 Å². The first kappa shape index (κ1) is 25.2. The molecule has 5 rings (SSSR count). The van der Waals surface area contributed by atoms with Gasteiger partial charge < -0.3 is 24.4 Å². The molecule has 1 saturated heterocycles. The lowest BCUT2D eigenvalue weighted by Crippen LogP contribution is -2.41. The maximum atomic E-state index is 13.7. The number of benzene rings is 2. The third-order valence-electron chi connectivity index (χ3n) is 7.31. The topological polar surface area (TPSA) is 143 Å². The quantitative estimate of drug-likeness (QED) is 0.265. The zero-order valence-electron chi connectivity index (χ0n) is 21.3. The number of amides is 1. The van der Waals surface area contributed by atoms with Gasteiger partial charge in [-0.05, 0) is 56.4 Å². The highest BCUT2D eigenvalue weighted by Crippen LogP contribution is 2.36. The summed E-state index contributed by atoms with van der Waals surface area (Å²) in [7, 11) is 1.43. The highest BCUT2D eigenvalue weighted by Gasteiger charge is 2.30. The predicted molar refractivity (Wildman–Crippen MR) is 142 cm³/mol. The number of para-hydroxylation sites is 2. The van der Waals surface area contributed by atoms with Crippen LogP contribution in [0.5, 0.6) is 5.75 Å². The van der Waals surface area contributed by atoms with Gasteiger partial charge in [-0.1, -0.05) is 12.1 Å². The van der Waals surface area contributed by atoms with E-state index in [0.29, 0.717) is 67.6 Å². The number of non-ortho nitro benzene ring substituents is 1. The Hall–Kier alpha value is -4.41. The van der Waals surface area contributed by atoms with Crippen molar-refractivity contribution in [3.63, 3.8) is 0 Å². The summed E-state index contributed by atoms with van der Waals surface area (Å²) in [6.07, 6.45) is 2.46. The Morgan fingerprint density at radius 3 is 2.58 bits per heavy atom. The minimum Gasteiger partial charge on any atom is -0.496 e. The molecule has 11 heteroatoms. The Labute approximate surface area is 217 Å². The van der Waals surface area contributed by atoms with Crippen LogP contribution < -0.4 is 10.4 Å². The summed E-state index contributed by atoms with van der Waals surface area (Å²) in [4.78, 5) is 56.9. The van der Waals surface area contributed by atoms with Gasteiger partial charge in [-0.3, -0.25) is 19.5 Å². The van der Waals surface area contributed by atoms with Gasteiger partial charge in [0.05, 0.1) is 29.1 Å². The van der Waals surface area contributed by atoms with E-state index in [1.807, 2.05) is 24.3 Å². The average molecular weight is 520 g/mol. The molecule has 0 radical (unpaired) electrons. The first-order chi connectivity index (χ1) is 18.3. The third-order valence-corrected chi connectivity index (χ3v) is 7.31. The third kappa shape index (κ3) is 4.55. The number of aromatic amines is 2. The van der Waals surface area contributed by atoms with Crippen molar-refractivity contribution in [1.82, 2.24) is 19.4 Å². The number of likely N-dealkylation sites (tertiary alicyclic amines) is 1. The summed E-state index contributed by atoms with van der Waals surface area (Å²) in [5.74, 6) is 0.105. The van der Waals surface area contributed by atoms with E-state index in [9.17, 15) is 24.5 Å². The van der Waals surface area contributed by atoms with E-state index in [1.165, 1.54) is 20.1 Å². The second kappa shape index (κ2) is 10.2. The summed E-state index contributed by atoms with van der Waals surface area (Å²) in [5.41, 5.74) is 2.47. The lowest BCUT2D eigenvalue weighted by Gasteiger charge is -2.32. The van der Waals surface area contributed by atoms with Crippen LogP contribution in [0.25, 0.3) is 21.9 Å². The number of hydrogen-bond donors (Lipinski definition) is 2. The van der Waals surface area contributed by atoms with Crippen LogP contribution in [0.2, 0.25) is 0 Å². The number of carbonyl (C=O) groups excluding carboxylic acids is 2. The number of rotatable bonds is 8. The Morgan fingerprint density at radius 2 is 1.89 bits per heavy atom. The van der Waals surface area contributed by atoms with Crippen LogP contribution in [-0.2, 0) is 11.2 Å². The Morgan fingerprint density at radius 1 is 1.16 bits per heavy atom. The maximum Gasteiger partial charge on any atom is 0.326 e. The number of ether oxygens (including phenoxy) is 1. The smallest absolute Gasteiger partial charge is 0.326 e. The number of piperidine rings is 1. The summed E-state index contributed by atoms with van der Waals surface area (Å²) in [5, 5.41) is 12.4. The summed E-state index contributed by atoms with van der Waals surface area (Å²) in [6, 6.07) is 10.5. The van der Waals surface area contributed by atoms with Crippen LogP contribution >= 0.6 is 0 Å². The van der Waals surface area contributed by atoms with Crippen molar-refractivity contribution in [3.05, 3.63) is 68.3 Å². The van der Waals surface area contributed by atoms with Crippen LogP contribution in [0.1, 0.15) is 54.7 Å². The Bertz CT molecular complexity index is 1610.